The lowest BCUT2D eigenvalue weighted by Gasteiger charge is -2.19. The number of alkyl halides is 3. The molecule has 0 fully saturated rings. The van der Waals surface area contributed by atoms with E-state index in [4.69, 9.17) is 0 Å². The van der Waals surface area contributed by atoms with E-state index in [9.17, 15) is 18.0 Å². The summed E-state index contributed by atoms with van der Waals surface area (Å²) >= 11 is 0. The topological polar surface area (TPSA) is 68.3 Å². The first kappa shape index (κ1) is 21.8. The molecule has 7 nitrogen and oxygen atoms in total. The standard InChI is InChI=1S/C20H25F3N6O/c1-7-28-12(2)13(10-24-28)11-27(6)18(30)14-8-17-25-15(19(3,4)5)9-16(20(21,22)23)29(17)26-14/h8-10H,7,11H2,1-6H3. The van der Waals surface area contributed by atoms with E-state index in [0.29, 0.717) is 11.1 Å². The van der Waals surface area contributed by atoms with Crippen LogP contribution in [0.25, 0.3) is 5.65 Å². The van der Waals surface area contributed by atoms with Crippen LogP contribution in [0.15, 0.2) is 18.3 Å². The van der Waals surface area contributed by atoms with E-state index in [2.05, 4.69) is 15.2 Å². The van der Waals surface area contributed by atoms with Crippen LogP contribution in [0, 0.1) is 6.92 Å². The number of aromatic nitrogens is 5. The Morgan fingerprint density at radius 2 is 1.87 bits per heavy atom. The number of carbonyl (C=O) groups is 1. The lowest BCUT2D eigenvalue weighted by molar-refractivity contribution is -0.142. The van der Waals surface area contributed by atoms with Crippen molar-refractivity contribution >= 4 is 11.6 Å². The summed E-state index contributed by atoms with van der Waals surface area (Å²) in [6.45, 7) is 10.2. The normalized spacial score (nSPS) is 12.6. The van der Waals surface area contributed by atoms with Gasteiger partial charge in [0.25, 0.3) is 5.91 Å². The number of fused-ring (bicyclic) bond motifs is 1. The van der Waals surface area contributed by atoms with Crippen LogP contribution in [0.3, 0.4) is 0 Å². The third-order valence-electron chi connectivity index (χ3n) is 4.96. The van der Waals surface area contributed by atoms with Crippen LogP contribution in [0.1, 0.15) is 60.8 Å². The van der Waals surface area contributed by atoms with Crippen molar-refractivity contribution in [1.29, 1.82) is 0 Å². The van der Waals surface area contributed by atoms with Crippen LogP contribution in [0.4, 0.5) is 13.2 Å². The van der Waals surface area contributed by atoms with Gasteiger partial charge in [-0.05, 0) is 19.9 Å². The molecule has 0 saturated heterocycles. The molecule has 0 unspecified atom stereocenters. The molecule has 0 atom stereocenters. The first-order valence-corrected chi connectivity index (χ1v) is 9.58. The van der Waals surface area contributed by atoms with Crippen molar-refractivity contribution < 1.29 is 18.0 Å². The molecule has 0 aliphatic heterocycles. The summed E-state index contributed by atoms with van der Waals surface area (Å²) in [5.41, 5.74) is 0.410. The fourth-order valence-electron chi connectivity index (χ4n) is 3.15. The number of hydrogen-bond donors (Lipinski definition) is 0. The molecular formula is C20H25F3N6O. The second kappa shape index (κ2) is 7.41. The van der Waals surface area contributed by atoms with Gasteiger partial charge in [-0.15, -0.1) is 0 Å². The second-order valence-corrected chi connectivity index (χ2v) is 8.31. The van der Waals surface area contributed by atoms with Crippen LogP contribution in [0.5, 0.6) is 0 Å². The molecule has 30 heavy (non-hydrogen) atoms. The largest absolute Gasteiger partial charge is 0.433 e. The third kappa shape index (κ3) is 4.03. The Kier molecular flexibility index (Phi) is 5.38. The van der Waals surface area contributed by atoms with E-state index in [-0.39, 0.29) is 23.6 Å². The van der Waals surface area contributed by atoms with E-state index in [1.54, 1.807) is 34.0 Å². The molecule has 0 radical (unpaired) electrons. The van der Waals surface area contributed by atoms with Crippen molar-refractivity contribution in [3.05, 3.63) is 46.7 Å². The molecule has 10 heteroatoms. The van der Waals surface area contributed by atoms with Gasteiger partial charge >= 0.3 is 6.18 Å². The van der Waals surface area contributed by atoms with Gasteiger partial charge in [0, 0.05) is 42.9 Å². The van der Waals surface area contributed by atoms with Gasteiger partial charge < -0.3 is 4.90 Å². The number of halogens is 3. The Morgan fingerprint density at radius 1 is 1.20 bits per heavy atom. The number of aryl methyl sites for hydroxylation is 1. The van der Waals surface area contributed by atoms with Gasteiger partial charge in [0.2, 0.25) is 0 Å². The van der Waals surface area contributed by atoms with E-state index < -0.39 is 23.2 Å². The Hall–Kier alpha value is -2.91. The van der Waals surface area contributed by atoms with Crippen molar-refractivity contribution in [3.63, 3.8) is 0 Å². The van der Waals surface area contributed by atoms with Gasteiger partial charge in [0.1, 0.15) is 5.69 Å². The minimum absolute atomic E-state index is 0.0125. The SMILES string of the molecule is CCn1ncc(CN(C)C(=O)c2cc3nc(C(C)(C)C)cc(C(F)(F)F)n3n2)c1C. The molecule has 162 valence electrons. The van der Waals surface area contributed by atoms with Crippen LogP contribution >= 0.6 is 0 Å². The average Bonchev–Trinajstić information content (AvgIpc) is 3.22. The predicted octanol–water partition coefficient (Wildman–Crippen LogP) is 3.84. The van der Waals surface area contributed by atoms with Crippen LogP contribution in [-0.4, -0.2) is 42.2 Å². The maximum Gasteiger partial charge on any atom is 0.433 e. The molecule has 0 bridgehead atoms. The summed E-state index contributed by atoms with van der Waals surface area (Å²) in [7, 11) is 1.58. The zero-order valence-corrected chi connectivity index (χ0v) is 17.9. The monoisotopic (exact) mass is 422 g/mol. The van der Waals surface area contributed by atoms with Crippen LogP contribution in [0.2, 0.25) is 0 Å². The highest BCUT2D eigenvalue weighted by Gasteiger charge is 2.36. The van der Waals surface area contributed by atoms with E-state index in [1.165, 1.54) is 11.0 Å². The Labute approximate surface area is 172 Å². The molecule has 0 spiro atoms. The number of nitrogens with zero attached hydrogens (tertiary/aromatic N) is 6. The molecule has 3 rings (SSSR count). The Balaban J connectivity index is 1.99. The van der Waals surface area contributed by atoms with Crippen LogP contribution < -0.4 is 0 Å². The molecule has 1 amide bonds. The molecule has 0 N–H and O–H groups in total. The smallest absolute Gasteiger partial charge is 0.336 e. The van der Waals surface area contributed by atoms with E-state index >= 15 is 0 Å². The molecule has 0 saturated carbocycles. The molecule has 3 aromatic rings. The predicted molar refractivity (Wildman–Crippen MR) is 105 cm³/mol. The fourth-order valence-corrected chi connectivity index (χ4v) is 3.15. The van der Waals surface area contributed by atoms with Crippen molar-refractivity contribution in [2.75, 3.05) is 7.05 Å². The van der Waals surface area contributed by atoms with Crippen molar-refractivity contribution in [2.45, 2.75) is 59.3 Å². The molecule has 0 aromatic carbocycles. The van der Waals surface area contributed by atoms with Gasteiger partial charge in [-0.2, -0.15) is 23.4 Å². The van der Waals surface area contributed by atoms with Gasteiger partial charge in [-0.1, -0.05) is 20.8 Å². The lowest BCUT2D eigenvalue weighted by Crippen LogP contribution is -2.27. The van der Waals surface area contributed by atoms with Gasteiger partial charge in [0.05, 0.1) is 11.9 Å². The van der Waals surface area contributed by atoms with Crippen LogP contribution in [-0.2, 0) is 24.7 Å². The zero-order chi connectivity index (χ0) is 22.4. The molecule has 0 aliphatic rings. The minimum atomic E-state index is -4.63. The summed E-state index contributed by atoms with van der Waals surface area (Å²) in [4.78, 5) is 18.6. The molecule has 3 aromatic heterocycles. The van der Waals surface area contributed by atoms with E-state index in [1.807, 2.05) is 18.5 Å². The van der Waals surface area contributed by atoms with Gasteiger partial charge in [-0.25, -0.2) is 9.50 Å². The quantitative estimate of drug-likeness (QED) is 0.641. The first-order valence-electron chi connectivity index (χ1n) is 9.58. The highest BCUT2D eigenvalue weighted by molar-refractivity contribution is 5.93. The summed E-state index contributed by atoms with van der Waals surface area (Å²) in [5.74, 6) is -0.491. The fraction of sp³-hybridized carbons (Fsp3) is 0.500. The second-order valence-electron chi connectivity index (χ2n) is 8.31. The van der Waals surface area contributed by atoms with Crippen molar-refractivity contribution in [1.82, 2.24) is 29.3 Å². The maximum absolute atomic E-state index is 13.6. The van der Waals surface area contributed by atoms with Gasteiger partial charge in [0.15, 0.2) is 11.3 Å². The van der Waals surface area contributed by atoms with Crippen molar-refractivity contribution in [2.24, 2.45) is 0 Å². The maximum atomic E-state index is 13.6. The molecule has 3 heterocycles. The minimum Gasteiger partial charge on any atom is -0.336 e. The van der Waals surface area contributed by atoms with Gasteiger partial charge in [-0.3, -0.25) is 9.48 Å². The van der Waals surface area contributed by atoms with Crippen molar-refractivity contribution in [3.8, 4) is 0 Å². The number of amides is 1. The Bertz CT molecular complexity index is 1090. The summed E-state index contributed by atoms with van der Waals surface area (Å²) in [6.07, 6.45) is -2.95. The summed E-state index contributed by atoms with van der Waals surface area (Å²) in [5, 5.41) is 8.18. The highest BCUT2D eigenvalue weighted by Crippen LogP contribution is 2.32. The highest BCUT2D eigenvalue weighted by atomic mass is 19.4. The van der Waals surface area contributed by atoms with E-state index in [0.717, 1.165) is 17.3 Å². The zero-order valence-electron chi connectivity index (χ0n) is 17.9. The number of rotatable bonds is 4. The third-order valence-corrected chi connectivity index (χ3v) is 4.96. The summed E-state index contributed by atoms with van der Waals surface area (Å²) < 4.78 is 43.4. The lowest BCUT2D eigenvalue weighted by atomic mass is 9.91. The average molecular weight is 422 g/mol. The molecular weight excluding hydrogens is 397 g/mol. The summed E-state index contributed by atoms with van der Waals surface area (Å²) in [6, 6.07) is 2.28. The number of carbonyl (C=O) groups excluding carboxylic acids is 1. The number of hydrogen-bond acceptors (Lipinski definition) is 4. The molecule has 0 aliphatic carbocycles. The first-order chi connectivity index (χ1) is 13.8. The Morgan fingerprint density at radius 3 is 2.40 bits per heavy atom.